The molecule has 0 aromatic heterocycles. The molecule has 0 aliphatic carbocycles. The molecule has 0 spiro atoms. The molecular formula is C12H19ClN2O2. The maximum Gasteiger partial charge on any atom is 0.251 e. The van der Waals surface area contributed by atoms with Crippen LogP contribution in [0.2, 0.25) is 0 Å². The monoisotopic (exact) mass is 258 g/mol. The SMILES string of the molecule is COCc1cccc(C(=O)N[C@@H](C)CN)c1.Cl. The lowest BCUT2D eigenvalue weighted by Gasteiger charge is -2.11. The number of carbonyl (C=O) groups is 1. The molecule has 1 atom stereocenters. The number of benzene rings is 1. The maximum absolute atomic E-state index is 11.8. The molecule has 0 aliphatic heterocycles. The van der Waals surface area contributed by atoms with Gasteiger partial charge in [0.25, 0.3) is 5.91 Å². The van der Waals surface area contributed by atoms with E-state index in [1.54, 1.807) is 13.2 Å². The first-order valence-corrected chi connectivity index (χ1v) is 5.26. The summed E-state index contributed by atoms with van der Waals surface area (Å²) >= 11 is 0. The number of rotatable bonds is 5. The quantitative estimate of drug-likeness (QED) is 0.838. The van der Waals surface area contributed by atoms with Crippen LogP contribution >= 0.6 is 12.4 Å². The fraction of sp³-hybridized carbons (Fsp3) is 0.417. The van der Waals surface area contributed by atoms with Gasteiger partial charge in [0.15, 0.2) is 0 Å². The van der Waals surface area contributed by atoms with Gasteiger partial charge in [-0.05, 0) is 24.6 Å². The molecule has 0 unspecified atom stereocenters. The van der Waals surface area contributed by atoms with Crippen molar-refractivity contribution >= 4 is 18.3 Å². The molecule has 0 saturated carbocycles. The summed E-state index contributed by atoms with van der Waals surface area (Å²) in [6.07, 6.45) is 0. The number of carbonyl (C=O) groups excluding carboxylic acids is 1. The lowest BCUT2D eigenvalue weighted by atomic mass is 10.1. The lowest BCUT2D eigenvalue weighted by Crippen LogP contribution is -2.37. The van der Waals surface area contributed by atoms with Gasteiger partial charge in [-0.1, -0.05) is 12.1 Å². The number of halogens is 1. The Balaban J connectivity index is 0.00000256. The van der Waals surface area contributed by atoms with Gasteiger partial charge < -0.3 is 15.8 Å². The van der Waals surface area contributed by atoms with Crippen molar-refractivity contribution in [2.24, 2.45) is 5.73 Å². The Morgan fingerprint density at radius 3 is 2.82 bits per heavy atom. The number of amides is 1. The third-order valence-electron chi connectivity index (χ3n) is 2.23. The van der Waals surface area contributed by atoms with Crippen LogP contribution in [0.25, 0.3) is 0 Å². The summed E-state index contributed by atoms with van der Waals surface area (Å²) in [5, 5.41) is 2.81. The van der Waals surface area contributed by atoms with E-state index in [2.05, 4.69) is 5.32 Å². The maximum atomic E-state index is 11.8. The second kappa shape index (κ2) is 8.06. The predicted molar refractivity (Wildman–Crippen MR) is 70.4 cm³/mol. The molecule has 0 fully saturated rings. The number of ether oxygens (including phenoxy) is 1. The highest BCUT2D eigenvalue weighted by atomic mass is 35.5. The van der Waals surface area contributed by atoms with Gasteiger partial charge in [0, 0.05) is 25.3 Å². The smallest absolute Gasteiger partial charge is 0.251 e. The van der Waals surface area contributed by atoms with E-state index in [-0.39, 0.29) is 24.4 Å². The Hall–Kier alpha value is -1.10. The number of hydrogen-bond acceptors (Lipinski definition) is 3. The second-order valence-electron chi connectivity index (χ2n) is 3.74. The molecule has 96 valence electrons. The average molecular weight is 259 g/mol. The molecular weight excluding hydrogens is 240 g/mol. The summed E-state index contributed by atoms with van der Waals surface area (Å²) in [7, 11) is 1.63. The molecule has 0 aliphatic rings. The molecule has 0 heterocycles. The first-order valence-electron chi connectivity index (χ1n) is 5.26. The fourth-order valence-corrected chi connectivity index (χ4v) is 1.34. The van der Waals surface area contributed by atoms with Crippen LogP contribution < -0.4 is 11.1 Å². The minimum absolute atomic E-state index is 0. The van der Waals surface area contributed by atoms with E-state index in [0.29, 0.717) is 18.7 Å². The third-order valence-corrected chi connectivity index (χ3v) is 2.23. The van der Waals surface area contributed by atoms with Crippen LogP contribution in [0.4, 0.5) is 0 Å². The van der Waals surface area contributed by atoms with Gasteiger partial charge in [-0.2, -0.15) is 0 Å². The van der Waals surface area contributed by atoms with Crippen LogP contribution in [-0.2, 0) is 11.3 Å². The molecule has 0 saturated heterocycles. The highest BCUT2D eigenvalue weighted by Crippen LogP contribution is 2.06. The van der Waals surface area contributed by atoms with Gasteiger partial charge in [-0.15, -0.1) is 12.4 Å². The van der Waals surface area contributed by atoms with E-state index in [1.807, 2.05) is 25.1 Å². The molecule has 17 heavy (non-hydrogen) atoms. The van der Waals surface area contributed by atoms with Crippen molar-refractivity contribution < 1.29 is 9.53 Å². The van der Waals surface area contributed by atoms with Crippen LogP contribution in [0.3, 0.4) is 0 Å². The Morgan fingerprint density at radius 1 is 1.53 bits per heavy atom. The van der Waals surface area contributed by atoms with Gasteiger partial charge in [0.05, 0.1) is 6.61 Å². The number of hydrogen-bond donors (Lipinski definition) is 2. The topological polar surface area (TPSA) is 64.3 Å². The van der Waals surface area contributed by atoms with Gasteiger partial charge in [0.1, 0.15) is 0 Å². The van der Waals surface area contributed by atoms with E-state index in [9.17, 15) is 4.79 Å². The molecule has 0 radical (unpaired) electrons. The molecule has 1 aromatic rings. The number of nitrogens with one attached hydrogen (secondary N) is 1. The van der Waals surface area contributed by atoms with Gasteiger partial charge in [0.2, 0.25) is 0 Å². The highest BCUT2D eigenvalue weighted by Gasteiger charge is 2.08. The summed E-state index contributed by atoms with van der Waals surface area (Å²) in [5.74, 6) is -0.101. The van der Waals surface area contributed by atoms with Gasteiger partial charge in [-0.3, -0.25) is 4.79 Å². The largest absolute Gasteiger partial charge is 0.380 e. The van der Waals surface area contributed by atoms with Crippen LogP contribution in [0.5, 0.6) is 0 Å². The van der Waals surface area contributed by atoms with Gasteiger partial charge >= 0.3 is 0 Å². The van der Waals surface area contributed by atoms with Crippen molar-refractivity contribution in [3.05, 3.63) is 35.4 Å². The summed E-state index contributed by atoms with van der Waals surface area (Å²) in [6.45, 7) is 2.81. The van der Waals surface area contributed by atoms with E-state index in [4.69, 9.17) is 10.5 Å². The standard InChI is InChI=1S/C12H18N2O2.ClH/c1-9(7-13)14-12(15)11-5-3-4-10(6-11)8-16-2;/h3-6,9H,7-8,13H2,1-2H3,(H,14,15);1H/t9-;/m0./s1. The third kappa shape index (κ3) is 5.17. The Morgan fingerprint density at radius 2 is 2.24 bits per heavy atom. The molecule has 1 amide bonds. The summed E-state index contributed by atoms with van der Waals surface area (Å²) in [5.41, 5.74) is 7.06. The normalized spacial score (nSPS) is 11.5. The van der Waals surface area contributed by atoms with Crippen molar-refractivity contribution in [1.29, 1.82) is 0 Å². The van der Waals surface area contributed by atoms with E-state index < -0.39 is 0 Å². The van der Waals surface area contributed by atoms with Crippen LogP contribution in [-0.4, -0.2) is 25.6 Å². The van der Waals surface area contributed by atoms with Crippen molar-refractivity contribution in [3.8, 4) is 0 Å². The average Bonchev–Trinajstić information content (AvgIpc) is 2.29. The van der Waals surface area contributed by atoms with Crippen molar-refractivity contribution in [2.75, 3.05) is 13.7 Å². The molecule has 4 nitrogen and oxygen atoms in total. The Labute approximate surface area is 108 Å². The minimum Gasteiger partial charge on any atom is -0.380 e. The summed E-state index contributed by atoms with van der Waals surface area (Å²) in [6, 6.07) is 7.35. The molecule has 1 aromatic carbocycles. The Kier molecular flexibility index (Phi) is 7.54. The first kappa shape index (κ1) is 15.9. The predicted octanol–water partition coefficient (Wildman–Crippen LogP) is 1.33. The lowest BCUT2D eigenvalue weighted by molar-refractivity contribution is 0.0941. The van der Waals surface area contributed by atoms with Gasteiger partial charge in [-0.25, -0.2) is 0 Å². The summed E-state index contributed by atoms with van der Waals surface area (Å²) in [4.78, 5) is 11.8. The van der Waals surface area contributed by atoms with E-state index in [0.717, 1.165) is 5.56 Å². The summed E-state index contributed by atoms with van der Waals surface area (Å²) < 4.78 is 5.01. The second-order valence-corrected chi connectivity index (χ2v) is 3.74. The van der Waals surface area contributed by atoms with Crippen molar-refractivity contribution in [3.63, 3.8) is 0 Å². The van der Waals surface area contributed by atoms with E-state index >= 15 is 0 Å². The Bertz CT molecular complexity index is 358. The van der Waals surface area contributed by atoms with Crippen LogP contribution in [0, 0.1) is 0 Å². The molecule has 1 rings (SSSR count). The zero-order chi connectivity index (χ0) is 12.0. The molecule has 0 bridgehead atoms. The van der Waals surface area contributed by atoms with Crippen LogP contribution in [0.15, 0.2) is 24.3 Å². The molecule has 3 N–H and O–H groups in total. The van der Waals surface area contributed by atoms with Crippen molar-refractivity contribution in [2.45, 2.75) is 19.6 Å². The van der Waals surface area contributed by atoms with Crippen LogP contribution in [0.1, 0.15) is 22.8 Å². The number of methoxy groups -OCH3 is 1. The van der Waals surface area contributed by atoms with Crippen molar-refractivity contribution in [1.82, 2.24) is 5.32 Å². The zero-order valence-electron chi connectivity index (χ0n) is 10.1. The first-order chi connectivity index (χ1) is 7.67. The van der Waals surface area contributed by atoms with E-state index in [1.165, 1.54) is 0 Å². The highest BCUT2D eigenvalue weighted by molar-refractivity contribution is 5.94. The zero-order valence-corrected chi connectivity index (χ0v) is 10.9. The fourth-order valence-electron chi connectivity index (χ4n) is 1.34. The number of nitrogens with two attached hydrogens (primary N) is 1. The minimum atomic E-state index is -0.101. The molecule has 5 heteroatoms.